The highest BCUT2D eigenvalue weighted by Gasteiger charge is 1.98. The average molecular weight is 188 g/mol. The number of ether oxygens (including phenoxy) is 1. The van der Waals surface area contributed by atoms with Gasteiger partial charge in [-0.3, -0.25) is 0 Å². The summed E-state index contributed by atoms with van der Waals surface area (Å²) in [4.78, 5) is 10.9. The van der Waals surface area contributed by atoms with E-state index in [1.807, 2.05) is 7.05 Å². The van der Waals surface area contributed by atoms with Crippen molar-refractivity contribution in [2.24, 2.45) is 0 Å². The maximum Gasteiger partial charge on any atom is 0.407 e. The standard InChI is InChI=1S/C9H20N2O2/c1-3-4-7-11-9(12)13-8-5-6-10-2/h10H,3-8H2,1-2H3,(H,11,12). The second-order valence-electron chi connectivity index (χ2n) is 2.87. The molecule has 0 bridgehead atoms. The maximum atomic E-state index is 10.9. The summed E-state index contributed by atoms with van der Waals surface area (Å²) >= 11 is 0. The van der Waals surface area contributed by atoms with Crippen molar-refractivity contribution in [1.82, 2.24) is 10.6 Å². The Morgan fingerprint density at radius 2 is 2.08 bits per heavy atom. The van der Waals surface area contributed by atoms with Gasteiger partial charge in [-0.2, -0.15) is 0 Å². The van der Waals surface area contributed by atoms with Crippen molar-refractivity contribution in [2.45, 2.75) is 26.2 Å². The molecule has 78 valence electrons. The SMILES string of the molecule is CCCCNC(=O)OCCCNC. The van der Waals surface area contributed by atoms with Gasteiger partial charge in [0.1, 0.15) is 0 Å². The van der Waals surface area contributed by atoms with Crippen molar-refractivity contribution in [1.29, 1.82) is 0 Å². The van der Waals surface area contributed by atoms with Crippen LogP contribution in [0, 0.1) is 0 Å². The molecule has 4 heteroatoms. The molecule has 0 aliphatic carbocycles. The van der Waals surface area contributed by atoms with Gasteiger partial charge in [0, 0.05) is 6.54 Å². The molecule has 0 unspecified atom stereocenters. The molecule has 0 aromatic rings. The summed E-state index contributed by atoms with van der Waals surface area (Å²) < 4.78 is 4.90. The summed E-state index contributed by atoms with van der Waals surface area (Å²) in [5.41, 5.74) is 0. The molecule has 13 heavy (non-hydrogen) atoms. The summed E-state index contributed by atoms with van der Waals surface area (Å²) in [6.07, 6.45) is 2.65. The van der Waals surface area contributed by atoms with Gasteiger partial charge < -0.3 is 15.4 Å². The molecule has 4 nitrogen and oxygen atoms in total. The van der Waals surface area contributed by atoms with Crippen LogP contribution in [0.4, 0.5) is 4.79 Å². The van der Waals surface area contributed by atoms with Crippen LogP contribution in [0.15, 0.2) is 0 Å². The lowest BCUT2D eigenvalue weighted by atomic mass is 10.3. The third-order valence-corrected chi connectivity index (χ3v) is 1.60. The van der Waals surface area contributed by atoms with Crippen molar-refractivity contribution >= 4 is 6.09 Å². The Morgan fingerprint density at radius 3 is 2.69 bits per heavy atom. The molecule has 1 amide bonds. The Morgan fingerprint density at radius 1 is 1.31 bits per heavy atom. The van der Waals surface area contributed by atoms with Crippen LogP contribution in [0.1, 0.15) is 26.2 Å². The Kier molecular flexibility index (Phi) is 8.77. The largest absolute Gasteiger partial charge is 0.450 e. The average Bonchev–Trinajstić information content (AvgIpc) is 2.13. The van der Waals surface area contributed by atoms with Crippen LogP contribution >= 0.6 is 0 Å². The van der Waals surface area contributed by atoms with Crippen LogP contribution in [0.3, 0.4) is 0 Å². The van der Waals surface area contributed by atoms with E-state index >= 15 is 0 Å². The Bertz CT molecular complexity index is 129. The minimum atomic E-state index is -0.301. The molecule has 0 aromatic heterocycles. The minimum Gasteiger partial charge on any atom is -0.450 e. The molecular weight excluding hydrogens is 168 g/mol. The summed E-state index contributed by atoms with van der Waals surface area (Å²) in [6, 6.07) is 0. The molecule has 0 aliphatic heterocycles. The van der Waals surface area contributed by atoms with Crippen molar-refractivity contribution < 1.29 is 9.53 Å². The van der Waals surface area contributed by atoms with Gasteiger partial charge in [0.2, 0.25) is 0 Å². The third kappa shape index (κ3) is 9.14. The van der Waals surface area contributed by atoms with Gasteiger partial charge >= 0.3 is 6.09 Å². The number of carbonyl (C=O) groups is 1. The molecule has 0 saturated carbocycles. The van der Waals surface area contributed by atoms with Gasteiger partial charge in [0.25, 0.3) is 0 Å². The number of rotatable bonds is 7. The summed E-state index contributed by atoms with van der Waals surface area (Å²) in [6.45, 7) is 4.16. The molecule has 2 N–H and O–H groups in total. The minimum absolute atomic E-state index is 0.301. The second-order valence-corrected chi connectivity index (χ2v) is 2.87. The zero-order chi connectivity index (χ0) is 9.94. The van der Waals surface area contributed by atoms with Crippen molar-refractivity contribution in [3.8, 4) is 0 Å². The van der Waals surface area contributed by atoms with E-state index in [0.29, 0.717) is 13.2 Å². The lowest BCUT2D eigenvalue weighted by Crippen LogP contribution is -2.26. The summed E-state index contributed by atoms with van der Waals surface area (Å²) in [5, 5.41) is 5.66. The van der Waals surface area contributed by atoms with E-state index in [4.69, 9.17) is 4.74 Å². The van der Waals surface area contributed by atoms with Crippen molar-refractivity contribution in [3.05, 3.63) is 0 Å². The van der Waals surface area contributed by atoms with E-state index < -0.39 is 0 Å². The van der Waals surface area contributed by atoms with Crippen LogP contribution in [0.2, 0.25) is 0 Å². The molecule has 0 spiro atoms. The lowest BCUT2D eigenvalue weighted by molar-refractivity contribution is 0.145. The van der Waals surface area contributed by atoms with E-state index in [0.717, 1.165) is 25.8 Å². The monoisotopic (exact) mass is 188 g/mol. The number of hydrogen-bond donors (Lipinski definition) is 2. The van der Waals surface area contributed by atoms with Crippen LogP contribution in [0.25, 0.3) is 0 Å². The number of amides is 1. The Balaban J connectivity index is 3.11. The predicted octanol–water partition coefficient (Wildman–Crippen LogP) is 1.12. The molecular formula is C9H20N2O2. The number of carbonyl (C=O) groups excluding carboxylic acids is 1. The number of nitrogens with one attached hydrogen (secondary N) is 2. The Hall–Kier alpha value is -0.770. The highest BCUT2D eigenvalue weighted by Crippen LogP contribution is 1.85. The number of unbranched alkanes of at least 4 members (excludes halogenated alkanes) is 1. The Labute approximate surface area is 80.0 Å². The van der Waals surface area contributed by atoms with E-state index in [2.05, 4.69) is 17.6 Å². The second kappa shape index (κ2) is 9.32. The number of hydrogen-bond acceptors (Lipinski definition) is 3. The molecule has 0 atom stereocenters. The van der Waals surface area contributed by atoms with Gasteiger partial charge in [0.05, 0.1) is 6.61 Å². The quantitative estimate of drug-likeness (QED) is 0.589. The zero-order valence-corrected chi connectivity index (χ0v) is 8.56. The zero-order valence-electron chi connectivity index (χ0n) is 8.56. The normalized spacial score (nSPS) is 9.69. The van der Waals surface area contributed by atoms with Crippen LogP contribution in [-0.2, 0) is 4.74 Å². The van der Waals surface area contributed by atoms with Gasteiger partial charge in [-0.1, -0.05) is 13.3 Å². The van der Waals surface area contributed by atoms with E-state index in [-0.39, 0.29) is 6.09 Å². The predicted molar refractivity (Wildman–Crippen MR) is 52.8 cm³/mol. The van der Waals surface area contributed by atoms with Gasteiger partial charge in [-0.15, -0.1) is 0 Å². The molecule has 0 aromatic carbocycles. The van der Waals surface area contributed by atoms with Crippen molar-refractivity contribution in [2.75, 3.05) is 26.7 Å². The molecule has 0 radical (unpaired) electrons. The molecule has 0 fully saturated rings. The van der Waals surface area contributed by atoms with Gasteiger partial charge in [-0.25, -0.2) is 4.79 Å². The first-order valence-corrected chi connectivity index (χ1v) is 4.86. The molecule has 0 heterocycles. The smallest absolute Gasteiger partial charge is 0.407 e. The van der Waals surface area contributed by atoms with E-state index in [1.165, 1.54) is 0 Å². The molecule has 0 saturated heterocycles. The highest BCUT2D eigenvalue weighted by atomic mass is 16.5. The number of alkyl carbamates (subject to hydrolysis) is 1. The fourth-order valence-corrected chi connectivity index (χ4v) is 0.832. The molecule has 0 aliphatic rings. The fraction of sp³-hybridized carbons (Fsp3) is 0.889. The first-order chi connectivity index (χ1) is 6.31. The van der Waals surface area contributed by atoms with E-state index in [1.54, 1.807) is 0 Å². The van der Waals surface area contributed by atoms with Crippen LogP contribution in [0.5, 0.6) is 0 Å². The van der Waals surface area contributed by atoms with Gasteiger partial charge in [-0.05, 0) is 26.4 Å². The third-order valence-electron chi connectivity index (χ3n) is 1.60. The van der Waals surface area contributed by atoms with Crippen LogP contribution < -0.4 is 10.6 Å². The summed E-state index contributed by atoms with van der Waals surface area (Å²) in [7, 11) is 1.88. The highest BCUT2D eigenvalue weighted by molar-refractivity contribution is 5.66. The maximum absolute atomic E-state index is 10.9. The lowest BCUT2D eigenvalue weighted by Gasteiger charge is -2.05. The van der Waals surface area contributed by atoms with Crippen molar-refractivity contribution in [3.63, 3.8) is 0 Å². The fourth-order valence-electron chi connectivity index (χ4n) is 0.832. The molecule has 0 rings (SSSR count). The van der Waals surface area contributed by atoms with Gasteiger partial charge in [0.15, 0.2) is 0 Å². The van der Waals surface area contributed by atoms with Crippen LogP contribution in [-0.4, -0.2) is 32.8 Å². The summed E-state index contributed by atoms with van der Waals surface area (Å²) in [5.74, 6) is 0. The first kappa shape index (κ1) is 12.2. The first-order valence-electron chi connectivity index (χ1n) is 4.86. The van der Waals surface area contributed by atoms with E-state index in [9.17, 15) is 4.79 Å². The topological polar surface area (TPSA) is 50.4 Å².